The Morgan fingerprint density at radius 2 is 1.79 bits per heavy atom. The van der Waals surface area contributed by atoms with Crippen LogP contribution in [-0.2, 0) is 11.3 Å². The molecule has 1 aliphatic rings. The van der Waals surface area contributed by atoms with Crippen molar-refractivity contribution in [1.29, 1.82) is 0 Å². The molecule has 0 atom stereocenters. The molecule has 154 valence electrons. The van der Waals surface area contributed by atoms with Crippen LogP contribution in [0.1, 0.15) is 34.3 Å². The second kappa shape index (κ2) is 9.31. The van der Waals surface area contributed by atoms with Crippen LogP contribution < -0.4 is 4.74 Å². The van der Waals surface area contributed by atoms with Gasteiger partial charge in [0.05, 0.1) is 7.11 Å². The molecule has 5 nitrogen and oxygen atoms in total. The van der Waals surface area contributed by atoms with Gasteiger partial charge < -0.3 is 14.5 Å². The number of likely N-dealkylation sites (tertiary alicyclic amines) is 1. The molecule has 1 aliphatic heterocycles. The fourth-order valence-corrected chi connectivity index (χ4v) is 3.91. The third-order valence-electron chi connectivity index (χ3n) is 5.44. The van der Waals surface area contributed by atoms with E-state index in [9.17, 15) is 9.59 Å². The van der Waals surface area contributed by atoms with Crippen LogP contribution in [0.25, 0.3) is 0 Å². The summed E-state index contributed by atoms with van der Waals surface area (Å²) in [6.45, 7) is 3.70. The number of hydrogen-bond donors (Lipinski definition) is 0. The molecule has 0 bridgehead atoms. The molecule has 1 heterocycles. The molecule has 0 saturated carbocycles. The smallest absolute Gasteiger partial charge is 0.253 e. The Morgan fingerprint density at radius 3 is 2.41 bits per heavy atom. The summed E-state index contributed by atoms with van der Waals surface area (Å²) in [4.78, 5) is 29.2. The second-order valence-electron chi connectivity index (χ2n) is 7.58. The van der Waals surface area contributed by atoms with Crippen LogP contribution in [0.4, 0.5) is 0 Å². The highest BCUT2D eigenvalue weighted by Crippen LogP contribution is 2.25. The Hall–Kier alpha value is -2.53. The summed E-state index contributed by atoms with van der Waals surface area (Å²) in [7, 11) is 3.47. The lowest BCUT2D eigenvalue weighted by atomic mass is 9.94. The van der Waals surface area contributed by atoms with E-state index in [0.717, 1.165) is 16.9 Å². The van der Waals surface area contributed by atoms with Crippen molar-refractivity contribution in [3.05, 3.63) is 64.2 Å². The number of nitrogens with zero attached hydrogens (tertiary/aromatic N) is 2. The number of benzene rings is 2. The number of carbonyl (C=O) groups is 2. The summed E-state index contributed by atoms with van der Waals surface area (Å²) in [5, 5.41) is 0.610. The number of methoxy groups -OCH3 is 1. The van der Waals surface area contributed by atoms with Gasteiger partial charge >= 0.3 is 0 Å². The minimum Gasteiger partial charge on any atom is -0.496 e. The van der Waals surface area contributed by atoms with Gasteiger partial charge in [-0.1, -0.05) is 29.3 Å². The molecule has 29 heavy (non-hydrogen) atoms. The number of rotatable bonds is 5. The summed E-state index contributed by atoms with van der Waals surface area (Å²) in [5.74, 6) is 0.835. The van der Waals surface area contributed by atoms with Gasteiger partial charge in [-0.15, -0.1) is 0 Å². The van der Waals surface area contributed by atoms with Crippen molar-refractivity contribution in [2.75, 3.05) is 27.2 Å². The summed E-state index contributed by atoms with van der Waals surface area (Å²) in [6.07, 6.45) is 1.35. The Kier molecular flexibility index (Phi) is 6.80. The fraction of sp³-hybridized carbons (Fsp3) is 0.391. The first-order chi connectivity index (χ1) is 13.9. The van der Waals surface area contributed by atoms with E-state index in [1.165, 1.54) is 0 Å². The molecular formula is C23H27ClN2O3. The maximum atomic E-state index is 12.9. The molecule has 0 spiro atoms. The summed E-state index contributed by atoms with van der Waals surface area (Å²) in [6, 6.07) is 12.9. The van der Waals surface area contributed by atoms with Crippen molar-refractivity contribution in [2.24, 2.45) is 5.92 Å². The standard InChI is InChI=1S/C23H27ClN2O3/c1-16-4-9-21(29-3)19(14-16)15-25(2)22(27)18-10-12-26(13-11-18)23(28)17-5-7-20(24)8-6-17/h4-9,14,18H,10-13,15H2,1-3H3. The number of piperidine rings is 1. The lowest BCUT2D eigenvalue weighted by Crippen LogP contribution is -2.43. The number of hydrogen-bond acceptors (Lipinski definition) is 3. The fourth-order valence-electron chi connectivity index (χ4n) is 3.78. The van der Waals surface area contributed by atoms with Gasteiger partial charge in [-0.3, -0.25) is 9.59 Å². The third-order valence-corrected chi connectivity index (χ3v) is 5.69. The van der Waals surface area contributed by atoms with Crippen molar-refractivity contribution in [2.45, 2.75) is 26.3 Å². The van der Waals surface area contributed by atoms with Gasteiger partial charge in [-0.25, -0.2) is 0 Å². The van der Waals surface area contributed by atoms with Crippen molar-refractivity contribution in [3.63, 3.8) is 0 Å². The first-order valence-corrected chi connectivity index (χ1v) is 10.2. The van der Waals surface area contributed by atoms with E-state index in [4.69, 9.17) is 16.3 Å². The molecule has 2 aromatic carbocycles. The van der Waals surface area contributed by atoms with Crippen LogP contribution in [0.2, 0.25) is 5.02 Å². The molecule has 3 rings (SSSR count). The highest BCUT2D eigenvalue weighted by Gasteiger charge is 2.29. The predicted molar refractivity (Wildman–Crippen MR) is 114 cm³/mol. The molecule has 6 heteroatoms. The molecule has 1 saturated heterocycles. The number of aryl methyl sites for hydroxylation is 1. The molecule has 0 aliphatic carbocycles. The van der Waals surface area contributed by atoms with E-state index in [2.05, 4.69) is 6.07 Å². The van der Waals surface area contributed by atoms with Gasteiger partial charge in [0.1, 0.15) is 5.75 Å². The lowest BCUT2D eigenvalue weighted by molar-refractivity contribution is -0.136. The molecule has 1 fully saturated rings. The minimum absolute atomic E-state index is 0.00887. The van der Waals surface area contributed by atoms with E-state index in [0.29, 0.717) is 43.1 Å². The van der Waals surface area contributed by atoms with Crippen molar-refractivity contribution in [3.8, 4) is 5.75 Å². The Balaban J connectivity index is 1.57. The van der Waals surface area contributed by atoms with Crippen LogP contribution in [0.15, 0.2) is 42.5 Å². The van der Waals surface area contributed by atoms with Gasteiger partial charge in [0.25, 0.3) is 5.91 Å². The minimum atomic E-state index is -0.0647. The summed E-state index contributed by atoms with van der Waals surface area (Å²) < 4.78 is 5.43. The zero-order valence-corrected chi connectivity index (χ0v) is 17.9. The highest BCUT2D eigenvalue weighted by atomic mass is 35.5. The Bertz CT molecular complexity index is 874. The molecule has 0 N–H and O–H groups in total. The maximum Gasteiger partial charge on any atom is 0.253 e. The normalized spacial score (nSPS) is 14.6. The van der Waals surface area contributed by atoms with Gasteiger partial charge in [0.15, 0.2) is 0 Å². The van der Waals surface area contributed by atoms with Gasteiger partial charge in [0, 0.05) is 48.7 Å². The van der Waals surface area contributed by atoms with E-state index < -0.39 is 0 Å². The number of halogens is 1. The topological polar surface area (TPSA) is 49.9 Å². The SMILES string of the molecule is COc1ccc(C)cc1CN(C)C(=O)C1CCN(C(=O)c2ccc(Cl)cc2)CC1. The van der Waals surface area contributed by atoms with Gasteiger partial charge in [0.2, 0.25) is 5.91 Å². The van der Waals surface area contributed by atoms with Gasteiger partial charge in [-0.05, 0) is 50.1 Å². The van der Waals surface area contributed by atoms with E-state index >= 15 is 0 Å². The predicted octanol–water partition coefficient (Wildman–Crippen LogP) is 4.17. The summed E-state index contributed by atoms with van der Waals surface area (Å²) >= 11 is 5.90. The average Bonchev–Trinajstić information content (AvgIpc) is 2.73. The van der Waals surface area contributed by atoms with Crippen molar-refractivity contribution < 1.29 is 14.3 Å². The average molecular weight is 415 g/mol. The molecule has 2 aromatic rings. The Morgan fingerprint density at radius 1 is 1.14 bits per heavy atom. The van der Waals surface area contributed by atoms with Crippen LogP contribution in [0.3, 0.4) is 0 Å². The highest BCUT2D eigenvalue weighted by molar-refractivity contribution is 6.30. The molecule has 0 unspecified atom stereocenters. The zero-order valence-electron chi connectivity index (χ0n) is 17.2. The number of ether oxygens (including phenoxy) is 1. The quantitative estimate of drug-likeness (QED) is 0.737. The third kappa shape index (κ3) is 5.10. The van der Waals surface area contributed by atoms with E-state index in [-0.39, 0.29) is 17.7 Å². The van der Waals surface area contributed by atoms with Crippen LogP contribution >= 0.6 is 11.6 Å². The monoisotopic (exact) mass is 414 g/mol. The maximum absolute atomic E-state index is 12.9. The van der Waals surface area contributed by atoms with Crippen LogP contribution in [0.5, 0.6) is 5.75 Å². The van der Waals surface area contributed by atoms with Crippen molar-refractivity contribution >= 4 is 23.4 Å². The number of carbonyl (C=O) groups excluding carboxylic acids is 2. The van der Waals surface area contributed by atoms with E-state index in [1.54, 1.807) is 36.3 Å². The van der Waals surface area contributed by atoms with E-state index in [1.807, 2.05) is 31.0 Å². The first kappa shape index (κ1) is 21.2. The second-order valence-corrected chi connectivity index (χ2v) is 8.02. The molecule has 0 aromatic heterocycles. The Labute approximate surface area is 177 Å². The first-order valence-electron chi connectivity index (χ1n) is 9.82. The van der Waals surface area contributed by atoms with Crippen LogP contribution in [-0.4, -0.2) is 48.9 Å². The lowest BCUT2D eigenvalue weighted by Gasteiger charge is -2.33. The van der Waals surface area contributed by atoms with Crippen LogP contribution in [0, 0.1) is 12.8 Å². The zero-order chi connectivity index (χ0) is 21.0. The largest absolute Gasteiger partial charge is 0.496 e. The summed E-state index contributed by atoms with van der Waals surface area (Å²) in [5.41, 5.74) is 2.76. The van der Waals surface area contributed by atoms with Crippen molar-refractivity contribution in [1.82, 2.24) is 9.80 Å². The molecule has 2 amide bonds. The number of amides is 2. The molecular weight excluding hydrogens is 388 g/mol. The molecule has 0 radical (unpaired) electrons. The van der Waals surface area contributed by atoms with Gasteiger partial charge in [-0.2, -0.15) is 0 Å².